The molecule has 100 valence electrons. The fraction of sp³-hybridized carbons (Fsp3) is 0.308. The Labute approximate surface area is 110 Å². The summed E-state index contributed by atoms with van der Waals surface area (Å²) in [6.07, 6.45) is 0.424. The van der Waals surface area contributed by atoms with E-state index in [2.05, 4.69) is 15.5 Å². The molecule has 0 radical (unpaired) electrons. The Morgan fingerprint density at radius 1 is 1.42 bits per heavy atom. The maximum atomic E-state index is 11.1. The zero-order valence-electron chi connectivity index (χ0n) is 10.8. The molecule has 0 saturated heterocycles. The smallest absolute Gasteiger partial charge is 0.246 e. The van der Waals surface area contributed by atoms with Crippen molar-refractivity contribution in [3.05, 3.63) is 30.2 Å². The lowest BCUT2D eigenvalue weighted by molar-refractivity contribution is -0.121. The largest absolute Gasteiger partial charge is 0.496 e. The Bertz CT molecular complexity index is 566. The number of aromatic nitrogens is 2. The van der Waals surface area contributed by atoms with Gasteiger partial charge in [0.2, 0.25) is 17.6 Å². The average molecular weight is 261 g/mol. The highest BCUT2D eigenvalue weighted by Gasteiger charge is 2.12. The number of nitrogens with zero attached hydrogens (tertiary/aromatic N) is 2. The Balaban J connectivity index is 2.14. The molecular formula is C13H15N3O3. The van der Waals surface area contributed by atoms with Crippen LogP contribution in [0.2, 0.25) is 0 Å². The predicted molar refractivity (Wildman–Crippen MR) is 68.4 cm³/mol. The lowest BCUT2D eigenvalue weighted by Gasteiger charge is -2.03. The molecule has 1 aromatic carbocycles. The van der Waals surface area contributed by atoms with Gasteiger partial charge in [0.1, 0.15) is 5.75 Å². The summed E-state index contributed by atoms with van der Waals surface area (Å²) in [5, 5.41) is 6.56. The van der Waals surface area contributed by atoms with Crippen LogP contribution in [0.15, 0.2) is 28.8 Å². The van der Waals surface area contributed by atoms with Gasteiger partial charge in [0, 0.05) is 6.42 Å². The van der Waals surface area contributed by atoms with Gasteiger partial charge in [0.15, 0.2) is 0 Å². The van der Waals surface area contributed by atoms with Crippen LogP contribution in [0.5, 0.6) is 5.75 Å². The van der Waals surface area contributed by atoms with Crippen LogP contribution < -0.4 is 10.1 Å². The fourth-order valence-corrected chi connectivity index (χ4v) is 1.56. The van der Waals surface area contributed by atoms with Crippen molar-refractivity contribution in [3.8, 4) is 17.1 Å². The predicted octanol–water partition coefficient (Wildman–Crippen LogP) is 1.77. The summed E-state index contributed by atoms with van der Waals surface area (Å²) in [4.78, 5) is 15.4. The van der Waals surface area contributed by atoms with Gasteiger partial charge in [-0.25, -0.2) is 0 Å². The third kappa shape index (κ3) is 3.09. The number of amides is 1. The van der Waals surface area contributed by atoms with Crippen molar-refractivity contribution in [1.82, 2.24) is 15.5 Å². The number of benzene rings is 1. The summed E-state index contributed by atoms with van der Waals surface area (Å²) in [5.74, 6) is 1.42. The number of hydrogen-bond acceptors (Lipinski definition) is 5. The van der Waals surface area contributed by atoms with Crippen molar-refractivity contribution >= 4 is 5.91 Å². The molecule has 1 heterocycles. The number of carbonyl (C=O) groups is 1. The number of carbonyl (C=O) groups excluding carboxylic acids is 1. The van der Waals surface area contributed by atoms with E-state index in [1.54, 1.807) is 14.0 Å². The number of methoxy groups -OCH3 is 1. The fourth-order valence-electron chi connectivity index (χ4n) is 1.56. The van der Waals surface area contributed by atoms with Crippen molar-refractivity contribution < 1.29 is 14.1 Å². The normalized spacial score (nSPS) is 10.2. The molecule has 0 spiro atoms. The maximum absolute atomic E-state index is 11.1. The second-order valence-corrected chi connectivity index (χ2v) is 3.84. The second-order valence-electron chi connectivity index (χ2n) is 3.84. The number of hydrogen-bond donors (Lipinski definition) is 1. The van der Waals surface area contributed by atoms with Gasteiger partial charge in [-0.15, -0.1) is 0 Å². The molecule has 0 unspecified atom stereocenters. The van der Waals surface area contributed by atoms with Crippen LogP contribution in [-0.2, 0) is 11.3 Å². The summed E-state index contributed by atoms with van der Waals surface area (Å²) in [6, 6.07) is 7.40. The van der Waals surface area contributed by atoms with E-state index >= 15 is 0 Å². The number of nitrogens with one attached hydrogen (secondary N) is 1. The molecule has 6 heteroatoms. The van der Waals surface area contributed by atoms with E-state index in [0.717, 1.165) is 5.56 Å². The molecule has 2 aromatic rings. The molecule has 0 aliphatic heterocycles. The first-order valence-electron chi connectivity index (χ1n) is 5.97. The van der Waals surface area contributed by atoms with Gasteiger partial charge in [0.05, 0.1) is 19.2 Å². The van der Waals surface area contributed by atoms with Gasteiger partial charge in [-0.2, -0.15) is 4.98 Å². The van der Waals surface area contributed by atoms with Gasteiger partial charge in [-0.3, -0.25) is 4.79 Å². The molecule has 0 fully saturated rings. The van der Waals surface area contributed by atoms with E-state index in [9.17, 15) is 4.79 Å². The van der Waals surface area contributed by atoms with Crippen molar-refractivity contribution in [3.63, 3.8) is 0 Å². The van der Waals surface area contributed by atoms with Crippen LogP contribution in [0.1, 0.15) is 19.2 Å². The van der Waals surface area contributed by atoms with Crippen molar-refractivity contribution in [2.45, 2.75) is 19.9 Å². The van der Waals surface area contributed by atoms with E-state index < -0.39 is 0 Å². The molecule has 6 nitrogen and oxygen atoms in total. The highest BCUT2D eigenvalue weighted by Crippen LogP contribution is 2.26. The molecule has 1 N–H and O–H groups in total. The SMILES string of the molecule is CCC(=O)NCc1nc(-c2ccccc2OC)no1. The van der Waals surface area contributed by atoms with E-state index in [1.165, 1.54) is 0 Å². The number of ether oxygens (including phenoxy) is 1. The van der Waals surface area contributed by atoms with Gasteiger partial charge in [0.25, 0.3) is 0 Å². The van der Waals surface area contributed by atoms with Crippen LogP contribution in [0, 0.1) is 0 Å². The van der Waals surface area contributed by atoms with Crippen LogP contribution in [0.4, 0.5) is 0 Å². The zero-order valence-corrected chi connectivity index (χ0v) is 10.8. The van der Waals surface area contributed by atoms with Crippen molar-refractivity contribution in [1.29, 1.82) is 0 Å². The van der Waals surface area contributed by atoms with E-state index in [0.29, 0.717) is 23.9 Å². The monoisotopic (exact) mass is 261 g/mol. The Hall–Kier alpha value is -2.37. The van der Waals surface area contributed by atoms with Gasteiger partial charge < -0.3 is 14.6 Å². The minimum atomic E-state index is -0.0583. The molecule has 19 heavy (non-hydrogen) atoms. The molecule has 0 atom stereocenters. The summed E-state index contributed by atoms with van der Waals surface area (Å²) in [7, 11) is 1.58. The van der Waals surface area contributed by atoms with Crippen molar-refractivity contribution in [2.24, 2.45) is 0 Å². The third-order valence-corrected chi connectivity index (χ3v) is 2.57. The topological polar surface area (TPSA) is 77.2 Å². The Morgan fingerprint density at radius 2 is 2.21 bits per heavy atom. The Kier molecular flexibility index (Phi) is 4.12. The van der Waals surface area contributed by atoms with Crippen LogP contribution in [0.25, 0.3) is 11.4 Å². The molecule has 2 rings (SSSR count). The molecule has 1 aromatic heterocycles. The highest BCUT2D eigenvalue weighted by atomic mass is 16.5. The number of para-hydroxylation sites is 1. The molecule has 0 bridgehead atoms. The molecule has 0 saturated carbocycles. The first kappa shape index (κ1) is 13.1. The highest BCUT2D eigenvalue weighted by molar-refractivity contribution is 5.75. The van der Waals surface area contributed by atoms with Crippen LogP contribution >= 0.6 is 0 Å². The summed E-state index contributed by atoms with van der Waals surface area (Å²) in [6.45, 7) is 2.01. The van der Waals surface area contributed by atoms with Crippen LogP contribution in [-0.4, -0.2) is 23.2 Å². The lowest BCUT2D eigenvalue weighted by Crippen LogP contribution is -2.21. The zero-order chi connectivity index (χ0) is 13.7. The minimum absolute atomic E-state index is 0.0583. The molecule has 1 amide bonds. The standard InChI is InChI=1S/C13H15N3O3/c1-3-11(17)14-8-12-15-13(16-19-12)9-6-4-5-7-10(9)18-2/h4-7H,3,8H2,1-2H3,(H,14,17). The lowest BCUT2D eigenvalue weighted by atomic mass is 10.2. The number of rotatable bonds is 5. The van der Waals surface area contributed by atoms with Gasteiger partial charge in [-0.05, 0) is 12.1 Å². The first-order chi connectivity index (χ1) is 9.24. The Morgan fingerprint density at radius 3 is 2.95 bits per heavy atom. The maximum Gasteiger partial charge on any atom is 0.246 e. The first-order valence-corrected chi connectivity index (χ1v) is 5.97. The third-order valence-electron chi connectivity index (χ3n) is 2.57. The summed E-state index contributed by atoms with van der Waals surface area (Å²) < 4.78 is 10.3. The molecule has 0 aliphatic carbocycles. The van der Waals surface area contributed by atoms with E-state index in [-0.39, 0.29) is 12.5 Å². The summed E-state index contributed by atoms with van der Waals surface area (Å²) in [5.41, 5.74) is 0.752. The van der Waals surface area contributed by atoms with Crippen LogP contribution in [0.3, 0.4) is 0 Å². The van der Waals surface area contributed by atoms with E-state index in [4.69, 9.17) is 9.26 Å². The summed E-state index contributed by atoms with van der Waals surface area (Å²) >= 11 is 0. The molecule has 0 aliphatic rings. The van der Waals surface area contributed by atoms with Gasteiger partial charge in [-0.1, -0.05) is 24.2 Å². The second kappa shape index (κ2) is 5.99. The quantitative estimate of drug-likeness (QED) is 0.887. The van der Waals surface area contributed by atoms with Gasteiger partial charge >= 0.3 is 0 Å². The molecular weight excluding hydrogens is 246 g/mol. The average Bonchev–Trinajstić information content (AvgIpc) is 2.93. The minimum Gasteiger partial charge on any atom is -0.496 e. The van der Waals surface area contributed by atoms with E-state index in [1.807, 2.05) is 24.3 Å². The van der Waals surface area contributed by atoms with Crippen molar-refractivity contribution in [2.75, 3.05) is 7.11 Å².